The Bertz CT molecular complexity index is 946. The third-order valence-corrected chi connectivity index (χ3v) is 8.05. The second-order valence-electron chi connectivity index (χ2n) is 6.34. The van der Waals surface area contributed by atoms with Gasteiger partial charge in [0.15, 0.2) is 0 Å². The van der Waals surface area contributed by atoms with Crippen LogP contribution < -0.4 is 0 Å². The monoisotopic (exact) mass is 458 g/mol. The quantitative estimate of drug-likeness (QED) is 0.660. The zero-order valence-electron chi connectivity index (χ0n) is 15.1. The maximum atomic E-state index is 12.8. The van der Waals surface area contributed by atoms with Crippen LogP contribution in [0.3, 0.4) is 0 Å². The molecule has 28 heavy (non-hydrogen) atoms. The number of sulfonamides is 1. The van der Waals surface area contributed by atoms with E-state index in [0.717, 1.165) is 5.56 Å². The van der Waals surface area contributed by atoms with Crippen molar-refractivity contribution in [2.75, 3.05) is 31.9 Å². The lowest BCUT2D eigenvalue weighted by atomic mass is 10.2. The maximum Gasteiger partial charge on any atom is 0.244 e. The molecule has 0 atom stereocenters. The summed E-state index contributed by atoms with van der Waals surface area (Å²) in [5.41, 5.74) is 1.07. The van der Waals surface area contributed by atoms with E-state index in [0.29, 0.717) is 29.6 Å². The Balaban J connectivity index is 1.50. The van der Waals surface area contributed by atoms with Crippen molar-refractivity contribution in [3.63, 3.8) is 0 Å². The minimum absolute atomic E-state index is 0.0156. The van der Waals surface area contributed by atoms with Gasteiger partial charge in [0.25, 0.3) is 0 Å². The van der Waals surface area contributed by atoms with Crippen LogP contribution in [0.2, 0.25) is 10.0 Å². The van der Waals surface area contributed by atoms with Crippen LogP contribution in [0.1, 0.15) is 5.56 Å². The molecule has 0 bridgehead atoms. The zero-order chi connectivity index (χ0) is 20.1. The molecule has 2 aromatic rings. The molecule has 0 unspecified atom stereocenters. The molecule has 0 aliphatic carbocycles. The molecule has 1 aliphatic rings. The van der Waals surface area contributed by atoms with Crippen molar-refractivity contribution in [3.8, 4) is 0 Å². The molecular weight excluding hydrogens is 439 g/mol. The molecular formula is C19H20Cl2N2O3S2. The van der Waals surface area contributed by atoms with Crippen molar-refractivity contribution in [2.24, 2.45) is 0 Å². The Morgan fingerprint density at radius 1 is 1.00 bits per heavy atom. The van der Waals surface area contributed by atoms with Crippen molar-refractivity contribution in [1.82, 2.24) is 9.21 Å². The number of hydrogen-bond acceptors (Lipinski definition) is 4. The predicted molar refractivity (Wildman–Crippen MR) is 114 cm³/mol. The Morgan fingerprint density at radius 3 is 2.39 bits per heavy atom. The molecule has 1 fully saturated rings. The van der Waals surface area contributed by atoms with E-state index in [1.165, 1.54) is 22.1 Å². The van der Waals surface area contributed by atoms with Gasteiger partial charge in [0.2, 0.25) is 15.9 Å². The van der Waals surface area contributed by atoms with Gasteiger partial charge in [-0.25, -0.2) is 8.42 Å². The minimum Gasteiger partial charge on any atom is -0.339 e. The van der Waals surface area contributed by atoms with E-state index in [-0.39, 0.29) is 28.9 Å². The van der Waals surface area contributed by atoms with E-state index < -0.39 is 10.0 Å². The molecule has 1 aliphatic heterocycles. The molecule has 0 spiro atoms. The lowest BCUT2D eigenvalue weighted by Gasteiger charge is -2.34. The number of thioether (sulfide) groups is 1. The number of carbonyl (C=O) groups is 1. The highest BCUT2D eigenvalue weighted by molar-refractivity contribution is 7.99. The highest BCUT2D eigenvalue weighted by Gasteiger charge is 2.31. The summed E-state index contributed by atoms with van der Waals surface area (Å²) in [6.07, 6.45) is 0. The number of rotatable bonds is 6. The topological polar surface area (TPSA) is 57.7 Å². The maximum absolute atomic E-state index is 12.8. The standard InChI is InChI=1S/C19H20Cl2N2O3S2/c20-16-5-3-4-15(12-16)13-27-14-19(24)22-8-10-23(11-9-22)28(25,26)18-7-2-1-6-17(18)21/h1-7,12H,8-11,13-14H2. The largest absolute Gasteiger partial charge is 0.339 e. The normalized spacial score (nSPS) is 15.6. The lowest BCUT2D eigenvalue weighted by molar-refractivity contribution is -0.129. The van der Waals surface area contributed by atoms with E-state index >= 15 is 0 Å². The molecule has 1 heterocycles. The van der Waals surface area contributed by atoms with E-state index in [1.54, 1.807) is 23.1 Å². The van der Waals surface area contributed by atoms with Crippen molar-refractivity contribution in [3.05, 3.63) is 64.1 Å². The molecule has 3 rings (SSSR count). The second-order valence-corrected chi connectivity index (χ2v) is 10.1. The summed E-state index contributed by atoms with van der Waals surface area (Å²) in [4.78, 5) is 14.2. The Labute approximate surface area is 179 Å². The lowest BCUT2D eigenvalue weighted by Crippen LogP contribution is -2.51. The van der Waals surface area contributed by atoms with Gasteiger partial charge in [-0.3, -0.25) is 4.79 Å². The van der Waals surface area contributed by atoms with Gasteiger partial charge in [-0.2, -0.15) is 4.31 Å². The molecule has 0 radical (unpaired) electrons. The summed E-state index contributed by atoms with van der Waals surface area (Å²) < 4.78 is 26.9. The first-order valence-corrected chi connectivity index (χ1v) is 12.1. The van der Waals surface area contributed by atoms with Crippen LogP contribution in [0.5, 0.6) is 0 Å². The fourth-order valence-corrected chi connectivity index (χ4v) is 5.95. The second kappa shape index (κ2) is 9.50. The van der Waals surface area contributed by atoms with E-state index in [2.05, 4.69) is 0 Å². The first kappa shape index (κ1) is 21.5. The summed E-state index contributed by atoms with van der Waals surface area (Å²) in [7, 11) is -3.65. The summed E-state index contributed by atoms with van der Waals surface area (Å²) in [6.45, 7) is 1.27. The number of piperazine rings is 1. The highest BCUT2D eigenvalue weighted by atomic mass is 35.5. The first-order valence-electron chi connectivity index (χ1n) is 8.72. The summed E-state index contributed by atoms with van der Waals surface area (Å²) in [5.74, 6) is 1.07. The van der Waals surface area contributed by atoms with Gasteiger partial charge >= 0.3 is 0 Å². The van der Waals surface area contributed by atoms with E-state index in [9.17, 15) is 13.2 Å². The van der Waals surface area contributed by atoms with Crippen molar-refractivity contribution in [1.29, 1.82) is 0 Å². The molecule has 9 heteroatoms. The molecule has 0 N–H and O–H groups in total. The van der Waals surface area contributed by atoms with Crippen molar-refractivity contribution in [2.45, 2.75) is 10.6 Å². The number of nitrogens with zero attached hydrogens (tertiary/aromatic N) is 2. The fourth-order valence-electron chi connectivity index (χ4n) is 2.95. The molecule has 5 nitrogen and oxygen atoms in total. The molecule has 0 saturated carbocycles. The molecule has 1 saturated heterocycles. The Hall–Kier alpha value is -1.25. The van der Waals surface area contributed by atoms with Gasteiger partial charge in [-0.05, 0) is 29.8 Å². The first-order chi connectivity index (χ1) is 13.4. The van der Waals surface area contributed by atoms with Crippen LogP contribution >= 0.6 is 35.0 Å². The van der Waals surface area contributed by atoms with Crippen molar-refractivity contribution >= 4 is 50.9 Å². The average Bonchev–Trinajstić information content (AvgIpc) is 2.68. The minimum atomic E-state index is -3.65. The number of carbonyl (C=O) groups excluding carboxylic acids is 1. The Morgan fingerprint density at radius 2 is 1.71 bits per heavy atom. The van der Waals surface area contributed by atoms with Crippen LogP contribution in [-0.2, 0) is 20.6 Å². The van der Waals surface area contributed by atoms with Crippen LogP contribution in [0.25, 0.3) is 0 Å². The Kier molecular flexibility index (Phi) is 7.28. The number of amides is 1. The SMILES string of the molecule is O=C(CSCc1cccc(Cl)c1)N1CCN(S(=O)(=O)c2ccccc2Cl)CC1. The smallest absolute Gasteiger partial charge is 0.244 e. The molecule has 1 amide bonds. The zero-order valence-corrected chi connectivity index (χ0v) is 18.2. The fraction of sp³-hybridized carbons (Fsp3) is 0.316. The van der Waals surface area contributed by atoms with Crippen molar-refractivity contribution < 1.29 is 13.2 Å². The number of benzene rings is 2. The summed E-state index contributed by atoms with van der Waals surface area (Å²) in [6, 6.07) is 14.0. The van der Waals surface area contributed by atoms with E-state index in [4.69, 9.17) is 23.2 Å². The molecule has 2 aromatic carbocycles. The predicted octanol–water partition coefficient (Wildman–Crippen LogP) is 3.76. The van der Waals surface area contributed by atoms with Gasteiger partial charge in [0.05, 0.1) is 10.8 Å². The molecule has 150 valence electrons. The third kappa shape index (κ3) is 5.21. The van der Waals surface area contributed by atoms with Gasteiger partial charge in [0, 0.05) is 37.0 Å². The summed E-state index contributed by atoms with van der Waals surface area (Å²) >= 11 is 13.5. The van der Waals surface area contributed by atoms with Gasteiger partial charge in [0.1, 0.15) is 4.90 Å². The number of hydrogen-bond donors (Lipinski definition) is 0. The average molecular weight is 459 g/mol. The van der Waals surface area contributed by atoms with Crippen LogP contribution in [-0.4, -0.2) is 55.5 Å². The van der Waals surface area contributed by atoms with E-state index in [1.807, 2.05) is 24.3 Å². The molecule has 0 aromatic heterocycles. The third-order valence-electron chi connectivity index (χ3n) is 4.43. The van der Waals surface area contributed by atoms with Crippen LogP contribution in [0.4, 0.5) is 0 Å². The number of halogens is 2. The van der Waals surface area contributed by atoms with Gasteiger partial charge in [-0.1, -0.05) is 47.5 Å². The summed E-state index contributed by atoms with van der Waals surface area (Å²) in [5, 5.41) is 0.888. The van der Waals surface area contributed by atoms with Crippen LogP contribution in [0, 0.1) is 0 Å². The van der Waals surface area contributed by atoms with Gasteiger partial charge in [-0.15, -0.1) is 11.8 Å². The van der Waals surface area contributed by atoms with Crippen LogP contribution in [0.15, 0.2) is 53.4 Å². The highest BCUT2D eigenvalue weighted by Crippen LogP contribution is 2.25. The van der Waals surface area contributed by atoms with Gasteiger partial charge < -0.3 is 4.90 Å².